The number of nitrogens with one attached hydrogen (secondary N) is 1. The van der Waals surface area contributed by atoms with Crippen LogP contribution in [-0.2, 0) is 10.0 Å². The molecule has 0 spiro atoms. The number of sulfonamides is 1. The summed E-state index contributed by atoms with van der Waals surface area (Å²) in [4.78, 5) is 0. The average Bonchev–Trinajstić information content (AvgIpc) is 2.71. The maximum Gasteiger partial charge on any atom is 0.272 e. The summed E-state index contributed by atoms with van der Waals surface area (Å²) in [6.07, 6.45) is 0. The van der Waals surface area contributed by atoms with Crippen molar-refractivity contribution in [1.82, 2.24) is 0 Å². The van der Waals surface area contributed by atoms with Crippen LogP contribution in [-0.4, -0.2) is 13.5 Å². The van der Waals surface area contributed by atoms with Crippen molar-refractivity contribution in [2.75, 3.05) is 4.72 Å². The molecule has 1 aromatic carbocycles. The molecule has 0 fully saturated rings. The number of hydrogen-bond acceptors (Lipinski definition) is 4. The Morgan fingerprint density at radius 1 is 1.33 bits per heavy atom. The number of benzene rings is 1. The molecule has 7 heteroatoms. The van der Waals surface area contributed by atoms with E-state index in [1.165, 1.54) is 6.07 Å². The molecule has 0 atom stereocenters. The van der Waals surface area contributed by atoms with E-state index in [1.807, 2.05) is 0 Å². The Kier molecular flexibility index (Phi) is 3.65. The Hall–Kier alpha value is -1.05. The summed E-state index contributed by atoms with van der Waals surface area (Å²) in [6, 6.07) is 6.48. The molecule has 96 valence electrons. The van der Waals surface area contributed by atoms with Gasteiger partial charge in [-0.1, -0.05) is 12.1 Å². The fraction of sp³-hybridized carbons (Fsp3) is 0.0909. The lowest BCUT2D eigenvalue weighted by Crippen LogP contribution is -2.13. The highest BCUT2D eigenvalue weighted by Crippen LogP contribution is 2.33. The predicted octanol–water partition coefficient (Wildman–Crippen LogP) is 3.33. The Labute approximate surface area is 117 Å². The molecular formula is C11H10BrNO3S2. The zero-order chi connectivity index (χ0) is 13.3. The number of para-hydroxylation sites is 1. The van der Waals surface area contributed by atoms with Crippen LogP contribution in [0.25, 0.3) is 0 Å². The van der Waals surface area contributed by atoms with E-state index >= 15 is 0 Å². The van der Waals surface area contributed by atoms with Crippen molar-refractivity contribution in [3.8, 4) is 5.75 Å². The average molecular weight is 348 g/mol. The number of aryl methyl sites for hydroxylation is 1. The van der Waals surface area contributed by atoms with Crippen LogP contribution in [0.5, 0.6) is 5.75 Å². The fourth-order valence-corrected chi connectivity index (χ4v) is 4.92. The maximum atomic E-state index is 12.1. The minimum Gasteiger partial charge on any atom is -0.506 e. The zero-order valence-corrected chi connectivity index (χ0v) is 12.6. The van der Waals surface area contributed by atoms with Gasteiger partial charge >= 0.3 is 0 Å². The number of thiophene rings is 1. The molecule has 1 heterocycles. The van der Waals surface area contributed by atoms with E-state index in [9.17, 15) is 13.5 Å². The number of anilines is 1. The Morgan fingerprint density at radius 2 is 2.06 bits per heavy atom. The maximum absolute atomic E-state index is 12.1. The summed E-state index contributed by atoms with van der Waals surface area (Å²) in [6.45, 7) is 1.72. The lowest BCUT2D eigenvalue weighted by Gasteiger charge is -2.11. The van der Waals surface area contributed by atoms with Crippen LogP contribution in [0.2, 0.25) is 0 Å². The minimum absolute atomic E-state index is 0.0914. The highest BCUT2D eigenvalue weighted by molar-refractivity contribution is 9.10. The summed E-state index contributed by atoms with van der Waals surface area (Å²) in [5.74, 6) is -0.0914. The number of phenolic OH excluding ortho intramolecular Hbond substituents is 1. The molecule has 0 aliphatic rings. The van der Waals surface area contributed by atoms with Crippen molar-refractivity contribution in [3.63, 3.8) is 0 Å². The number of halogens is 1. The molecule has 0 unspecified atom stereocenters. The summed E-state index contributed by atoms with van der Waals surface area (Å²) < 4.78 is 27.4. The minimum atomic E-state index is -3.68. The number of rotatable bonds is 3. The summed E-state index contributed by atoms with van der Waals surface area (Å²) in [5.41, 5.74) is 0.865. The predicted molar refractivity (Wildman–Crippen MR) is 75.7 cm³/mol. The lowest BCUT2D eigenvalue weighted by molar-refractivity contribution is 0.477. The first kappa shape index (κ1) is 13.4. The van der Waals surface area contributed by atoms with Crippen molar-refractivity contribution in [1.29, 1.82) is 0 Å². The van der Waals surface area contributed by atoms with Gasteiger partial charge in [0, 0.05) is 4.47 Å². The molecule has 2 aromatic rings. The van der Waals surface area contributed by atoms with Gasteiger partial charge in [-0.3, -0.25) is 4.72 Å². The van der Waals surface area contributed by atoms with Gasteiger partial charge in [0.2, 0.25) is 0 Å². The van der Waals surface area contributed by atoms with Gasteiger partial charge in [0.05, 0.1) is 5.69 Å². The molecule has 0 saturated heterocycles. The fourth-order valence-electron chi connectivity index (χ4n) is 1.44. The van der Waals surface area contributed by atoms with E-state index in [1.54, 1.807) is 30.5 Å². The van der Waals surface area contributed by atoms with Gasteiger partial charge in [0.25, 0.3) is 10.0 Å². The standard InChI is InChI=1S/C11H10BrNO3S2/c1-7-3-2-4-9(14)10(7)13-18(15,16)11-8(12)5-6-17-11/h2-6,13-14H,1H3. The molecule has 18 heavy (non-hydrogen) atoms. The second kappa shape index (κ2) is 4.91. The second-order valence-corrected chi connectivity index (χ2v) is 7.28. The smallest absolute Gasteiger partial charge is 0.272 e. The third kappa shape index (κ3) is 2.52. The van der Waals surface area contributed by atoms with Gasteiger partial charge in [-0.25, -0.2) is 8.42 Å². The highest BCUT2D eigenvalue weighted by Gasteiger charge is 2.21. The first-order valence-electron chi connectivity index (χ1n) is 4.96. The van der Waals surface area contributed by atoms with Gasteiger partial charge in [-0.2, -0.15) is 0 Å². The molecule has 0 aliphatic carbocycles. The number of aromatic hydroxyl groups is 1. The topological polar surface area (TPSA) is 66.4 Å². The first-order chi connectivity index (χ1) is 8.42. The van der Waals surface area contributed by atoms with Gasteiger partial charge in [0.15, 0.2) is 4.21 Å². The van der Waals surface area contributed by atoms with Gasteiger partial charge in [-0.05, 0) is 45.9 Å². The molecule has 0 amide bonds. The van der Waals surface area contributed by atoms with Crippen LogP contribution < -0.4 is 4.72 Å². The highest BCUT2D eigenvalue weighted by atomic mass is 79.9. The van der Waals surface area contributed by atoms with E-state index in [-0.39, 0.29) is 15.6 Å². The van der Waals surface area contributed by atoms with Crippen molar-refractivity contribution in [2.24, 2.45) is 0 Å². The Bertz CT molecular complexity index is 659. The molecule has 0 saturated carbocycles. The third-order valence-electron chi connectivity index (χ3n) is 2.32. The first-order valence-corrected chi connectivity index (χ1v) is 8.12. The molecule has 2 N–H and O–H groups in total. The van der Waals surface area contributed by atoms with Crippen LogP contribution >= 0.6 is 27.3 Å². The molecule has 0 radical (unpaired) electrons. The SMILES string of the molecule is Cc1cccc(O)c1NS(=O)(=O)c1sccc1Br. The third-order valence-corrected chi connectivity index (χ3v) is 6.34. The molecule has 0 aliphatic heterocycles. The van der Waals surface area contributed by atoms with Crippen LogP contribution in [0.15, 0.2) is 38.3 Å². The lowest BCUT2D eigenvalue weighted by atomic mass is 10.2. The summed E-state index contributed by atoms with van der Waals surface area (Å²) in [5, 5.41) is 11.4. The molecular weight excluding hydrogens is 338 g/mol. The van der Waals surface area contributed by atoms with E-state index in [2.05, 4.69) is 20.7 Å². The van der Waals surface area contributed by atoms with Gasteiger partial charge in [0.1, 0.15) is 5.75 Å². The summed E-state index contributed by atoms with van der Waals surface area (Å²) in [7, 11) is -3.68. The summed E-state index contributed by atoms with van der Waals surface area (Å²) >= 11 is 4.29. The van der Waals surface area contributed by atoms with Crippen LogP contribution in [0.3, 0.4) is 0 Å². The molecule has 2 rings (SSSR count). The normalized spacial score (nSPS) is 11.4. The van der Waals surface area contributed by atoms with Gasteiger partial charge in [-0.15, -0.1) is 11.3 Å². The van der Waals surface area contributed by atoms with E-state index < -0.39 is 10.0 Å². The van der Waals surface area contributed by atoms with Crippen LogP contribution in [0.4, 0.5) is 5.69 Å². The Balaban J connectivity index is 2.44. The van der Waals surface area contributed by atoms with Crippen molar-refractivity contribution in [2.45, 2.75) is 11.1 Å². The zero-order valence-electron chi connectivity index (χ0n) is 9.34. The van der Waals surface area contributed by atoms with Crippen molar-refractivity contribution >= 4 is 43.0 Å². The molecule has 4 nitrogen and oxygen atoms in total. The van der Waals surface area contributed by atoms with E-state index in [0.29, 0.717) is 10.0 Å². The molecule has 1 aromatic heterocycles. The quantitative estimate of drug-likeness (QED) is 0.837. The monoisotopic (exact) mass is 347 g/mol. The Morgan fingerprint density at radius 3 is 2.61 bits per heavy atom. The second-order valence-electron chi connectivity index (χ2n) is 3.63. The number of phenols is 1. The van der Waals surface area contributed by atoms with Gasteiger partial charge < -0.3 is 5.11 Å². The molecule has 0 bridgehead atoms. The van der Waals surface area contributed by atoms with Crippen LogP contribution in [0.1, 0.15) is 5.56 Å². The van der Waals surface area contributed by atoms with Crippen LogP contribution in [0, 0.1) is 6.92 Å². The largest absolute Gasteiger partial charge is 0.506 e. The van der Waals surface area contributed by atoms with Crippen molar-refractivity contribution in [3.05, 3.63) is 39.7 Å². The van der Waals surface area contributed by atoms with E-state index in [4.69, 9.17) is 0 Å². The van der Waals surface area contributed by atoms with Crippen molar-refractivity contribution < 1.29 is 13.5 Å². The van der Waals surface area contributed by atoms with E-state index in [0.717, 1.165) is 11.3 Å². The number of hydrogen-bond donors (Lipinski definition) is 2.